The summed E-state index contributed by atoms with van der Waals surface area (Å²) in [6.07, 6.45) is -23.9. The minimum atomic E-state index is -8.41. The maximum Gasteiger partial charge on any atom is 0.460 e. The largest absolute Gasteiger partial charge is 0.460 e. The second kappa shape index (κ2) is 7.69. The van der Waals surface area contributed by atoms with Crippen molar-refractivity contribution in [3.63, 3.8) is 0 Å². The Bertz CT molecular complexity index is 710. The summed E-state index contributed by atoms with van der Waals surface area (Å²) in [6, 6.07) is 0. The molecule has 0 fully saturated rings. The molecule has 2 atom stereocenters. The van der Waals surface area contributed by atoms with Crippen LogP contribution in [0.15, 0.2) is 0 Å². The molecule has 0 radical (unpaired) electrons. The van der Waals surface area contributed by atoms with E-state index in [0.717, 1.165) is 0 Å². The predicted molar refractivity (Wildman–Crippen MR) is 56.6 cm³/mol. The van der Waals surface area contributed by atoms with Gasteiger partial charge in [-0.25, -0.2) is 21.7 Å². The molecule has 0 aliphatic rings. The molecule has 0 saturated carbocycles. The summed E-state index contributed by atoms with van der Waals surface area (Å²) in [5.41, 5.74) is 0. The highest BCUT2D eigenvalue weighted by Gasteiger charge is 2.86. The summed E-state index contributed by atoms with van der Waals surface area (Å²) in [5.74, 6) is -30.2. The molecule has 0 saturated heterocycles. The summed E-state index contributed by atoms with van der Waals surface area (Å²) in [7, 11) is -8.41. The van der Waals surface area contributed by atoms with Crippen LogP contribution in [-0.4, -0.2) is 62.5 Å². The molecule has 0 aromatic rings. The lowest BCUT2D eigenvalue weighted by atomic mass is 10.1. The molecule has 3 nitrogen and oxygen atoms in total. The first-order chi connectivity index (χ1) is 12.7. The van der Waals surface area contributed by atoms with Crippen molar-refractivity contribution in [1.82, 2.24) is 0 Å². The average molecular weight is 514 g/mol. The second-order valence-electron chi connectivity index (χ2n) is 5.01. The lowest BCUT2D eigenvalue weighted by Crippen LogP contribution is -2.64. The maximum absolute atomic E-state index is 13.1. The molecule has 0 aliphatic carbocycles. The van der Waals surface area contributed by atoms with Crippen LogP contribution in [0.3, 0.4) is 0 Å². The third kappa shape index (κ3) is 4.22. The van der Waals surface area contributed by atoms with Crippen LogP contribution in [0, 0.1) is 0 Å². The minimum absolute atomic E-state index is 1.81. The van der Waals surface area contributed by atoms with E-state index in [1.54, 1.807) is 0 Å². The van der Waals surface area contributed by atoms with Gasteiger partial charge in [-0.15, -0.1) is 0 Å². The van der Waals surface area contributed by atoms with Crippen LogP contribution >= 0.6 is 0 Å². The zero-order chi connectivity index (χ0) is 24.9. The van der Waals surface area contributed by atoms with Gasteiger partial charge in [0.15, 0.2) is 0 Å². The average Bonchev–Trinajstić information content (AvgIpc) is 2.51. The molecule has 0 aliphatic heterocycles. The fourth-order valence-electron chi connectivity index (χ4n) is 1.24. The van der Waals surface area contributed by atoms with Gasteiger partial charge in [-0.1, -0.05) is 0 Å². The second-order valence-corrected chi connectivity index (χ2v) is 6.63. The van der Waals surface area contributed by atoms with Gasteiger partial charge < -0.3 is 0 Å². The van der Waals surface area contributed by atoms with Crippen LogP contribution < -0.4 is 0 Å². The fourth-order valence-corrected chi connectivity index (χ4v) is 2.15. The molecule has 30 heavy (non-hydrogen) atoms. The first-order valence-electron chi connectivity index (χ1n) is 6.18. The highest BCUT2D eigenvalue weighted by Crippen LogP contribution is 2.55. The zero-order valence-electron chi connectivity index (χ0n) is 12.8. The Balaban J connectivity index is 6.19. The van der Waals surface area contributed by atoms with Gasteiger partial charge in [-0.2, -0.15) is 65.5 Å². The first-order valence-corrected chi connectivity index (χ1v) is 7.59. The summed E-state index contributed by atoms with van der Waals surface area (Å²) in [6.45, 7) is 0. The van der Waals surface area contributed by atoms with Gasteiger partial charge in [-0.05, 0) is 0 Å². The highest BCUT2D eigenvalue weighted by molar-refractivity contribution is 7.87. The lowest BCUT2D eigenvalue weighted by Gasteiger charge is -2.34. The predicted octanol–water partition coefficient (Wildman–Crippen LogP) is 4.93. The van der Waals surface area contributed by atoms with Crippen LogP contribution in [0.4, 0.5) is 74.6 Å². The molecule has 0 aromatic carbocycles. The third-order valence-corrected chi connectivity index (χ3v) is 4.24. The van der Waals surface area contributed by atoms with Crippen molar-refractivity contribution in [3.8, 4) is 0 Å². The zero-order valence-corrected chi connectivity index (χ0v) is 13.6. The topological polar surface area (TPSA) is 43.4 Å². The molecule has 0 N–H and O–H groups in total. The Kier molecular flexibility index (Phi) is 7.36. The maximum atomic E-state index is 13.1. The number of halogens is 17. The van der Waals surface area contributed by atoms with E-state index in [2.05, 4.69) is 0 Å². The van der Waals surface area contributed by atoms with E-state index >= 15 is 0 Å². The van der Waals surface area contributed by atoms with E-state index in [-0.39, 0.29) is 0 Å². The van der Waals surface area contributed by atoms with E-state index in [9.17, 15) is 83.1 Å². The summed E-state index contributed by atoms with van der Waals surface area (Å²) in [5, 5.41) is -7.92. The van der Waals surface area contributed by atoms with Crippen molar-refractivity contribution in [1.29, 1.82) is 0 Å². The lowest BCUT2D eigenvalue weighted by molar-refractivity contribution is -0.383. The molecule has 0 amide bonds. The fraction of sp³-hybridized carbons (Fsp3) is 1.00. The normalized spacial score (nSPS) is 17.9. The van der Waals surface area contributed by atoms with Crippen molar-refractivity contribution in [2.75, 3.05) is 0 Å². The molecule has 2 unspecified atom stereocenters. The monoisotopic (exact) mass is 514 g/mol. The van der Waals surface area contributed by atoms with E-state index in [1.165, 1.54) is 0 Å². The summed E-state index contributed by atoms with van der Waals surface area (Å²) >= 11 is 0. The highest BCUT2D eigenvalue weighted by atomic mass is 32.2. The quantitative estimate of drug-likeness (QED) is 0.324. The Morgan fingerprint density at radius 3 is 1.27 bits per heavy atom. The van der Waals surface area contributed by atoms with Crippen molar-refractivity contribution < 1.29 is 87.2 Å². The first kappa shape index (κ1) is 28.7. The van der Waals surface area contributed by atoms with Crippen molar-refractivity contribution in [2.24, 2.45) is 0 Å². The van der Waals surface area contributed by atoms with Crippen LogP contribution in [0.25, 0.3) is 0 Å². The van der Waals surface area contributed by atoms with Crippen LogP contribution in [-0.2, 0) is 14.3 Å². The molecule has 21 heteroatoms. The number of hydrogen-bond acceptors (Lipinski definition) is 3. The van der Waals surface area contributed by atoms with Gasteiger partial charge in [0, 0.05) is 0 Å². The van der Waals surface area contributed by atoms with Gasteiger partial charge in [0.2, 0.25) is 6.17 Å². The summed E-state index contributed by atoms with van der Waals surface area (Å²) < 4.78 is 236. The molecular weight excluding hydrogens is 511 g/mol. The standard InChI is InChI=1S/C9H3F17O3S/c10-1(2(11)12)4(14,15)5(16,17)3(13)29-30(27,28)9(25,26)7(20,21)6(18,19)8(22,23)24/h1-3H. The van der Waals surface area contributed by atoms with Gasteiger partial charge in [-0.3, -0.25) is 0 Å². The van der Waals surface area contributed by atoms with E-state index in [1.807, 2.05) is 4.18 Å². The van der Waals surface area contributed by atoms with Gasteiger partial charge in [0.1, 0.15) is 0 Å². The SMILES string of the molecule is O=S(=O)(OC(F)C(F)(F)C(F)(F)C(F)C(F)F)C(F)(F)C(F)(F)C(F)(F)C(F)(F)F. The number of alkyl halides is 17. The van der Waals surface area contributed by atoms with Crippen LogP contribution in [0.2, 0.25) is 0 Å². The van der Waals surface area contributed by atoms with Crippen molar-refractivity contribution in [2.45, 2.75) is 54.1 Å². The van der Waals surface area contributed by atoms with Gasteiger partial charge >= 0.3 is 45.2 Å². The molecule has 182 valence electrons. The van der Waals surface area contributed by atoms with E-state index < -0.39 is 64.2 Å². The van der Waals surface area contributed by atoms with Gasteiger partial charge in [0.25, 0.3) is 12.8 Å². The molecule has 0 rings (SSSR count). The Labute approximate surface area is 152 Å². The molecule has 0 aromatic heterocycles. The van der Waals surface area contributed by atoms with Crippen LogP contribution in [0.1, 0.15) is 0 Å². The van der Waals surface area contributed by atoms with E-state index in [0.29, 0.717) is 0 Å². The van der Waals surface area contributed by atoms with Gasteiger partial charge in [0.05, 0.1) is 0 Å². The smallest absolute Gasteiger partial charge is 0.234 e. The Morgan fingerprint density at radius 2 is 0.967 bits per heavy atom. The Hall–Kier alpha value is -1.28. The minimum Gasteiger partial charge on any atom is -0.234 e. The van der Waals surface area contributed by atoms with Crippen molar-refractivity contribution in [3.05, 3.63) is 0 Å². The molecule has 0 bridgehead atoms. The Morgan fingerprint density at radius 1 is 0.600 bits per heavy atom. The molecule has 0 heterocycles. The van der Waals surface area contributed by atoms with Crippen LogP contribution in [0.5, 0.6) is 0 Å². The van der Waals surface area contributed by atoms with Crippen molar-refractivity contribution >= 4 is 10.1 Å². The number of rotatable bonds is 9. The molecular formula is C9H3F17O3S. The van der Waals surface area contributed by atoms with E-state index in [4.69, 9.17) is 0 Å². The molecule has 0 spiro atoms. The third-order valence-electron chi connectivity index (χ3n) is 2.94. The number of hydrogen-bond donors (Lipinski definition) is 0. The summed E-state index contributed by atoms with van der Waals surface area (Å²) in [4.78, 5) is 0.